The summed E-state index contributed by atoms with van der Waals surface area (Å²) in [6.07, 6.45) is 0. The zero-order valence-corrected chi connectivity index (χ0v) is 14.2. The first-order chi connectivity index (χ1) is 12.5. The SMILES string of the molecule is COc1ccc2cc(C(=O)NNC(=O)c3ccccc3)c(=O)oc2c1C. The zero-order valence-electron chi connectivity index (χ0n) is 14.2. The molecule has 7 heteroatoms. The smallest absolute Gasteiger partial charge is 0.349 e. The van der Waals surface area contributed by atoms with Crippen LogP contribution in [0.15, 0.2) is 57.7 Å². The van der Waals surface area contributed by atoms with Gasteiger partial charge >= 0.3 is 5.63 Å². The molecule has 2 amide bonds. The van der Waals surface area contributed by atoms with Gasteiger partial charge in [-0.3, -0.25) is 20.4 Å². The first-order valence-electron chi connectivity index (χ1n) is 7.78. The zero-order chi connectivity index (χ0) is 18.7. The molecule has 1 aromatic heterocycles. The van der Waals surface area contributed by atoms with E-state index in [-0.39, 0.29) is 5.56 Å². The Kier molecular flexibility index (Phi) is 4.70. The lowest BCUT2D eigenvalue weighted by molar-refractivity contribution is 0.0844. The summed E-state index contributed by atoms with van der Waals surface area (Å²) in [5, 5.41) is 0.572. The van der Waals surface area contributed by atoms with Crippen LogP contribution in [0.3, 0.4) is 0 Å². The molecule has 0 saturated heterocycles. The number of fused-ring (bicyclic) bond motifs is 1. The van der Waals surface area contributed by atoms with Crippen molar-refractivity contribution in [2.75, 3.05) is 7.11 Å². The van der Waals surface area contributed by atoms with E-state index in [1.807, 2.05) is 0 Å². The number of ether oxygens (including phenoxy) is 1. The molecule has 132 valence electrons. The van der Waals surface area contributed by atoms with Crippen molar-refractivity contribution in [1.82, 2.24) is 10.9 Å². The Morgan fingerprint density at radius 3 is 2.38 bits per heavy atom. The Morgan fingerprint density at radius 2 is 1.69 bits per heavy atom. The number of nitrogens with one attached hydrogen (secondary N) is 2. The van der Waals surface area contributed by atoms with Gasteiger partial charge in [-0.05, 0) is 37.3 Å². The number of hydrogen-bond acceptors (Lipinski definition) is 5. The summed E-state index contributed by atoms with van der Waals surface area (Å²) in [5.74, 6) is -0.684. The molecule has 0 fully saturated rings. The van der Waals surface area contributed by atoms with Gasteiger partial charge in [0.2, 0.25) is 0 Å². The molecule has 2 aromatic carbocycles. The van der Waals surface area contributed by atoms with Crippen LogP contribution in [0.1, 0.15) is 26.3 Å². The van der Waals surface area contributed by atoms with Crippen LogP contribution in [0.5, 0.6) is 5.75 Å². The van der Waals surface area contributed by atoms with Gasteiger partial charge in [0.25, 0.3) is 11.8 Å². The average molecular weight is 352 g/mol. The molecule has 0 atom stereocenters. The van der Waals surface area contributed by atoms with Crippen LogP contribution in [0, 0.1) is 6.92 Å². The van der Waals surface area contributed by atoms with Crippen LogP contribution in [-0.2, 0) is 0 Å². The first-order valence-corrected chi connectivity index (χ1v) is 7.78. The van der Waals surface area contributed by atoms with Gasteiger partial charge in [0, 0.05) is 16.5 Å². The largest absolute Gasteiger partial charge is 0.496 e. The molecule has 0 aliphatic carbocycles. The fourth-order valence-electron chi connectivity index (χ4n) is 2.53. The normalized spacial score (nSPS) is 10.4. The molecule has 0 unspecified atom stereocenters. The summed E-state index contributed by atoms with van der Waals surface area (Å²) in [5.41, 5.74) is 4.84. The predicted octanol–water partition coefficient (Wildman–Crippen LogP) is 2.18. The average Bonchev–Trinajstić information content (AvgIpc) is 2.67. The van der Waals surface area contributed by atoms with Gasteiger partial charge in [-0.25, -0.2) is 4.79 Å². The number of hydrazine groups is 1. The van der Waals surface area contributed by atoms with Crippen LogP contribution in [-0.4, -0.2) is 18.9 Å². The number of carbonyl (C=O) groups is 2. The Bertz CT molecular complexity index is 1040. The summed E-state index contributed by atoms with van der Waals surface area (Å²) in [6, 6.07) is 13.2. The van der Waals surface area contributed by atoms with E-state index in [1.54, 1.807) is 49.4 Å². The lowest BCUT2D eigenvalue weighted by Crippen LogP contribution is -2.43. The van der Waals surface area contributed by atoms with Crippen LogP contribution < -0.4 is 21.2 Å². The molecular formula is C19H16N2O5. The molecule has 0 bridgehead atoms. The number of hydrogen-bond donors (Lipinski definition) is 2. The van der Waals surface area contributed by atoms with Crippen molar-refractivity contribution < 1.29 is 18.7 Å². The van der Waals surface area contributed by atoms with E-state index in [0.717, 1.165) is 0 Å². The minimum absolute atomic E-state index is 0.213. The van der Waals surface area contributed by atoms with Crippen LogP contribution in [0.4, 0.5) is 0 Å². The van der Waals surface area contributed by atoms with Crippen LogP contribution in [0.2, 0.25) is 0 Å². The molecule has 3 rings (SSSR count). The quantitative estimate of drug-likeness (QED) is 0.556. The van der Waals surface area contributed by atoms with Crippen molar-refractivity contribution in [1.29, 1.82) is 0 Å². The molecule has 0 aliphatic heterocycles. The van der Waals surface area contributed by atoms with Gasteiger partial charge in [0.15, 0.2) is 0 Å². The highest BCUT2D eigenvalue weighted by molar-refractivity contribution is 6.00. The van der Waals surface area contributed by atoms with E-state index in [0.29, 0.717) is 27.8 Å². The van der Waals surface area contributed by atoms with E-state index in [1.165, 1.54) is 13.2 Å². The topological polar surface area (TPSA) is 97.6 Å². The molecule has 3 aromatic rings. The van der Waals surface area contributed by atoms with Crippen molar-refractivity contribution in [3.05, 3.63) is 75.6 Å². The van der Waals surface area contributed by atoms with Gasteiger partial charge in [-0.2, -0.15) is 0 Å². The van der Waals surface area contributed by atoms with E-state index in [4.69, 9.17) is 9.15 Å². The van der Waals surface area contributed by atoms with Gasteiger partial charge < -0.3 is 9.15 Å². The maximum absolute atomic E-state index is 12.2. The minimum atomic E-state index is -0.805. The molecule has 0 spiro atoms. The molecule has 0 saturated carbocycles. The second-order valence-electron chi connectivity index (χ2n) is 5.53. The van der Waals surface area contributed by atoms with Crippen molar-refractivity contribution in [2.45, 2.75) is 6.92 Å². The highest BCUT2D eigenvalue weighted by Gasteiger charge is 2.16. The Morgan fingerprint density at radius 1 is 1.00 bits per heavy atom. The third-order valence-corrected chi connectivity index (χ3v) is 3.89. The number of aryl methyl sites for hydroxylation is 1. The number of carbonyl (C=O) groups excluding carboxylic acids is 2. The van der Waals surface area contributed by atoms with Gasteiger partial charge in [-0.15, -0.1) is 0 Å². The summed E-state index contributed by atoms with van der Waals surface area (Å²) in [7, 11) is 1.52. The van der Waals surface area contributed by atoms with Crippen molar-refractivity contribution in [2.24, 2.45) is 0 Å². The lowest BCUT2D eigenvalue weighted by atomic mass is 10.1. The Labute approximate surface area is 148 Å². The van der Waals surface area contributed by atoms with Gasteiger partial charge in [-0.1, -0.05) is 18.2 Å². The summed E-state index contributed by atoms with van der Waals surface area (Å²) in [6.45, 7) is 1.75. The number of methoxy groups -OCH3 is 1. The van der Waals surface area contributed by atoms with Crippen LogP contribution >= 0.6 is 0 Å². The fraction of sp³-hybridized carbons (Fsp3) is 0.105. The number of amides is 2. The van der Waals surface area contributed by atoms with E-state index < -0.39 is 17.4 Å². The molecule has 0 aliphatic rings. The minimum Gasteiger partial charge on any atom is -0.496 e. The van der Waals surface area contributed by atoms with E-state index in [9.17, 15) is 14.4 Å². The van der Waals surface area contributed by atoms with E-state index >= 15 is 0 Å². The standard InChI is InChI=1S/C19H16N2O5/c1-11-15(25-2)9-8-13-10-14(19(24)26-16(11)13)18(23)21-20-17(22)12-6-4-3-5-7-12/h3-10H,1-2H3,(H,20,22)(H,21,23). The highest BCUT2D eigenvalue weighted by atomic mass is 16.5. The fourth-order valence-corrected chi connectivity index (χ4v) is 2.53. The third kappa shape index (κ3) is 3.27. The van der Waals surface area contributed by atoms with Gasteiger partial charge in [0.1, 0.15) is 16.9 Å². The van der Waals surface area contributed by atoms with Gasteiger partial charge in [0.05, 0.1) is 7.11 Å². The molecule has 7 nitrogen and oxygen atoms in total. The second-order valence-corrected chi connectivity index (χ2v) is 5.53. The summed E-state index contributed by atoms with van der Waals surface area (Å²) >= 11 is 0. The molecule has 26 heavy (non-hydrogen) atoms. The van der Waals surface area contributed by atoms with Crippen molar-refractivity contribution in [3.8, 4) is 5.75 Å². The Hall–Kier alpha value is -3.61. The summed E-state index contributed by atoms with van der Waals surface area (Å²) < 4.78 is 10.5. The number of rotatable bonds is 3. The first kappa shape index (κ1) is 17.2. The molecule has 1 heterocycles. The molecular weight excluding hydrogens is 336 g/mol. The molecule has 2 N–H and O–H groups in total. The van der Waals surface area contributed by atoms with Crippen LogP contribution in [0.25, 0.3) is 11.0 Å². The summed E-state index contributed by atoms with van der Waals surface area (Å²) in [4.78, 5) is 36.4. The highest BCUT2D eigenvalue weighted by Crippen LogP contribution is 2.26. The predicted molar refractivity (Wildman–Crippen MR) is 95.1 cm³/mol. The maximum Gasteiger partial charge on any atom is 0.349 e. The third-order valence-electron chi connectivity index (χ3n) is 3.89. The number of benzene rings is 2. The van der Waals surface area contributed by atoms with E-state index in [2.05, 4.69) is 10.9 Å². The molecule has 0 radical (unpaired) electrons. The lowest BCUT2D eigenvalue weighted by Gasteiger charge is -2.09. The second kappa shape index (κ2) is 7.10. The van der Waals surface area contributed by atoms with Crippen molar-refractivity contribution >= 4 is 22.8 Å². The van der Waals surface area contributed by atoms with Crippen molar-refractivity contribution in [3.63, 3.8) is 0 Å². The monoisotopic (exact) mass is 352 g/mol. The maximum atomic E-state index is 12.2. The Balaban J connectivity index is 1.83.